The second-order valence-electron chi connectivity index (χ2n) is 4.70. The average Bonchev–Trinajstić information content (AvgIpc) is 2.52. The highest BCUT2D eigenvalue weighted by atomic mass is 32.1. The van der Waals surface area contributed by atoms with Gasteiger partial charge in [0, 0.05) is 14.8 Å². The minimum absolute atomic E-state index is 0.0491. The van der Waals surface area contributed by atoms with Gasteiger partial charge in [-0.2, -0.15) is 0 Å². The zero-order chi connectivity index (χ0) is 14.8. The number of aliphatic hydroxyl groups is 2. The lowest BCUT2D eigenvalue weighted by Gasteiger charge is -2.11. The molecule has 0 saturated heterocycles. The van der Waals surface area contributed by atoms with Crippen LogP contribution in [0.5, 0.6) is 5.75 Å². The molecule has 4 nitrogen and oxygen atoms in total. The Balaban J connectivity index is 2.17. The molecule has 3 aromatic rings. The van der Waals surface area contributed by atoms with Crippen LogP contribution in [0.15, 0.2) is 47.3 Å². The van der Waals surface area contributed by atoms with Crippen molar-refractivity contribution in [1.82, 2.24) is 0 Å². The van der Waals surface area contributed by atoms with Gasteiger partial charge < -0.3 is 14.9 Å². The summed E-state index contributed by atoms with van der Waals surface area (Å²) in [6, 6.07) is 12.9. The molecular formula is C16H14O4S. The van der Waals surface area contributed by atoms with Crippen molar-refractivity contribution in [2.45, 2.75) is 6.10 Å². The van der Waals surface area contributed by atoms with Gasteiger partial charge in [0.1, 0.15) is 18.5 Å². The number of rotatable bonds is 4. The van der Waals surface area contributed by atoms with Crippen molar-refractivity contribution in [3.8, 4) is 5.75 Å². The molecule has 0 radical (unpaired) electrons. The summed E-state index contributed by atoms with van der Waals surface area (Å²) in [5, 5.41) is 19.4. The first-order valence-corrected chi connectivity index (χ1v) is 7.38. The molecule has 1 aromatic heterocycles. The van der Waals surface area contributed by atoms with E-state index in [1.807, 2.05) is 30.3 Å². The molecule has 21 heavy (non-hydrogen) atoms. The first kappa shape index (κ1) is 14.0. The first-order chi connectivity index (χ1) is 10.2. The van der Waals surface area contributed by atoms with Gasteiger partial charge in [-0.05, 0) is 24.3 Å². The maximum atomic E-state index is 12.6. The van der Waals surface area contributed by atoms with Crippen LogP contribution >= 0.6 is 11.3 Å². The fourth-order valence-electron chi connectivity index (χ4n) is 2.18. The molecular weight excluding hydrogens is 288 g/mol. The Morgan fingerprint density at radius 1 is 1.10 bits per heavy atom. The summed E-state index contributed by atoms with van der Waals surface area (Å²) >= 11 is 1.53. The summed E-state index contributed by atoms with van der Waals surface area (Å²) in [4.78, 5) is 12.6. The maximum Gasteiger partial charge on any atom is 0.199 e. The zero-order valence-corrected chi connectivity index (χ0v) is 12.0. The molecule has 0 aliphatic carbocycles. The molecule has 1 atom stereocenters. The molecule has 0 saturated carbocycles. The Kier molecular flexibility index (Phi) is 3.88. The van der Waals surface area contributed by atoms with Crippen LogP contribution in [-0.2, 0) is 0 Å². The number of hydrogen-bond donors (Lipinski definition) is 2. The molecule has 3 rings (SSSR count). The van der Waals surface area contributed by atoms with Crippen molar-refractivity contribution in [1.29, 1.82) is 0 Å². The minimum atomic E-state index is -0.959. The van der Waals surface area contributed by atoms with Gasteiger partial charge in [0.2, 0.25) is 0 Å². The largest absolute Gasteiger partial charge is 0.490 e. The smallest absolute Gasteiger partial charge is 0.199 e. The van der Waals surface area contributed by atoms with Crippen molar-refractivity contribution in [3.05, 3.63) is 52.7 Å². The van der Waals surface area contributed by atoms with Crippen molar-refractivity contribution in [2.24, 2.45) is 0 Å². The van der Waals surface area contributed by atoms with Gasteiger partial charge in [0.15, 0.2) is 5.43 Å². The third-order valence-electron chi connectivity index (χ3n) is 3.21. The Morgan fingerprint density at radius 3 is 2.67 bits per heavy atom. The van der Waals surface area contributed by atoms with Crippen LogP contribution in [0.2, 0.25) is 0 Å². The highest BCUT2D eigenvalue weighted by Gasteiger charge is 2.12. The quantitative estimate of drug-likeness (QED) is 0.725. The van der Waals surface area contributed by atoms with Crippen LogP contribution in [-0.4, -0.2) is 29.5 Å². The molecule has 2 N–H and O–H groups in total. The molecule has 1 heterocycles. The molecule has 2 aromatic carbocycles. The number of hydrogen-bond acceptors (Lipinski definition) is 5. The lowest BCUT2D eigenvalue weighted by atomic mass is 10.1. The van der Waals surface area contributed by atoms with Crippen molar-refractivity contribution >= 4 is 31.5 Å². The highest BCUT2D eigenvalue weighted by Crippen LogP contribution is 2.30. The van der Waals surface area contributed by atoms with Gasteiger partial charge >= 0.3 is 0 Å². The molecule has 0 amide bonds. The van der Waals surface area contributed by atoms with Gasteiger partial charge in [-0.1, -0.05) is 18.2 Å². The standard InChI is InChI=1S/C16H14O4S/c17-8-10(18)9-20-12-5-3-7-14-15(12)16(19)11-4-1-2-6-13(11)21-14/h1-7,10,17-18H,8-9H2. The van der Waals surface area contributed by atoms with E-state index >= 15 is 0 Å². The monoisotopic (exact) mass is 302 g/mol. The predicted molar refractivity (Wildman–Crippen MR) is 84.2 cm³/mol. The van der Waals surface area contributed by atoms with Crippen molar-refractivity contribution in [2.75, 3.05) is 13.2 Å². The van der Waals surface area contributed by atoms with E-state index in [0.29, 0.717) is 16.5 Å². The molecule has 5 heteroatoms. The van der Waals surface area contributed by atoms with E-state index in [4.69, 9.17) is 9.84 Å². The van der Waals surface area contributed by atoms with E-state index in [9.17, 15) is 9.90 Å². The zero-order valence-electron chi connectivity index (χ0n) is 11.2. The van der Waals surface area contributed by atoms with E-state index in [2.05, 4.69) is 0 Å². The van der Waals surface area contributed by atoms with Crippen molar-refractivity contribution < 1.29 is 14.9 Å². The summed E-state index contributed by atoms with van der Waals surface area (Å²) in [5.41, 5.74) is -0.0755. The molecule has 0 aliphatic heterocycles. The normalized spacial score (nSPS) is 12.7. The number of aliphatic hydroxyl groups excluding tert-OH is 2. The second-order valence-corrected chi connectivity index (χ2v) is 5.79. The number of ether oxygens (including phenoxy) is 1. The summed E-state index contributed by atoms with van der Waals surface area (Å²) in [6.07, 6.45) is -0.959. The van der Waals surface area contributed by atoms with Crippen LogP contribution in [0.3, 0.4) is 0 Å². The van der Waals surface area contributed by atoms with E-state index in [1.165, 1.54) is 11.3 Å². The third kappa shape index (κ3) is 2.63. The molecule has 0 aliphatic rings. The van der Waals surface area contributed by atoms with Gasteiger partial charge in [-0.3, -0.25) is 4.79 Å². The molecule has 1 unspecified atom stereocenters. The molecule has 0 spiro atoms. The van der Waals surface area contributed by atoms with Crippen LogP contribution in [0.25, 0.3) is 20.2 Å². The number of fused-ring (bicyclic) bond motifs is 2. The first-order valence-electron chi connectivity index (χ1n) is 6.57. The summed E-state index contributed by atoms with van der Waals surface area (Å²) in [6.45, 7) is -0.424. The molecule has 0 fully saturated rings. The summed E-state index contributed by atoms with van der Waals surface area (Å²) in [7, 11) is 0. The van der Waals surface area contributed by atoms with Gasteiger partial charge in [0.25, 0.3) is 0 Å². The topological polar surface area (TPSA) is 66.8 Å². The third-order valence-corrected chi connectivity index (χ3v) is 4.34. The highest BCUT2D eigenvalue weighted by molar-refractivity contribution is 7.24. The van der Waals surface area contributed by atoms with Gasteiger partial charge in [0.05, 0.1) is 12.0 Å². The van der Waals surface area contributed by atoms with Crippen LogP contribution < -0.4 is 10.2 Å². The number of benzene rings is 2. The lowest BCUT2D eigenvalue weighted by Crippen LogP contribution is -2.21. The maximum absolute atomic E-state index is 12.6. The fraction of sp³-hybridized carbons (Fsp3) is 0.188. The Hall–Kier alpha value is -1.95. The molecule has 108 valence electrons. The molecule has 0 bridgehead atoms. The van der Waals surface area contributed by atoms with Gasteiger partial charge in [-0.15, -0.1) is 11.3 Å². The minimum Gasteiger partial charge on any atom is -0.490 e. The van der Waals surface area contributed by atoms with Crippen molar-refractivity contribution in [3.63, 3.8) is 0 Å². The van der Waals surface area contributed by atoms with Crippen LogP contribution in [0, 0.1) is 0 Å². The van der Waals surface area contributed by atoms with E-state index < -0.39 is 6.10 Å². The summed E-state index contributed by atoms with van der Waals surface area (Å²) < 4.78 is 7.27. The SMILES string of the molecule is O=c1c2ccccc2sc2cccc(OCC(O)CO)c12. The average molecular weight is 302 g/mol. The van der Waals surface area contributed by atoms with Crippen LogP contribution in [0.4, 0.5) is 0 Å². The van der Waals surface area contributed by atoms with E-state index in [-0.39, 0.29) is 18.6 Å². The fourth-order valence-corrected chi connectivity index (χ4v) is 3.27. The van der Waals surface area contributed by atoms with E-state index in [0.717, 1.165) is 9.40 Å². The second kappa shape index (κ2) is 5.81. The summed E-state index contributed by atoms with van der Waals surface area (Å²) in [5.74, 6) is 0.437. The Labute approximate surface area is 124 Å². The lowest BCUT2D eigenvalue weighted by molar-refractivity contribution is 0.0541. The van der Waals surface area contributed by atoms with Gasteiger partial charge in [-0.25, -0.2) is 0 Å². The van der Waals surface area contributed by atoms with Crippen LogP contribution in [0.1, 0.15) is 0 Å². The predicted octanol–water partition coefficient (Wildman–Crippen LogP) is 2.15. The Bertz CT molecular complexity index is 840. The van der Waals surface area contributed by atoms with E-state index in [1.54, 1.807) is 12.1 Å². The Morgan fingerprint density at radius 2 is 1.86 bits per heavy atom.